The molecule has 0 saturated heterocycles. The Labute approximate surface area is 122 Å². The number of halogens is 2. The molecular formula is C12H14Cl2N2OS. The Hall–Kier alpha value is -0.840. The normalized spacial score (nSPS) is 10.5. The molecule has 0 unspecified atom stereocenters. The molecule has 3 nitrogen and oxygen atoms in total. The van der Waals surface area contributed by atoms with Gasteiger partial charge in [-0.25, -0.2) is 0 Å². The Morgan fingerprint density at radius 3 is 2.56 bits per heavy atom. The number of nitrogens with two attached hydrogens (primary N) is 1. The van der Waals surface area contributed by atoms with Gasteiger partial charge in [-0.3, -0.25) is 9.69 Å². The summed E-state index contributed by atoms with van der Waals surface area (Å²) in [5.41, 5.74) is 7.13. The molecule has 0 fully saturated rings. The summed E-state index contributed by atoms with van der Waals surface area (Å²) in [4.78, 5) is 13.0. The van der Waals surface area contributed by atoms with Crippen LogP contribution < -0.4 is 10.6 Å². The third-order valence-corrected chi connectivity index (χ3v) is 3.09. The van der Waals surface area contributed by atoms with E-state index in [2.05, 4.69) is 0 Å². The van der Waals surface area contributed by atoms with E-state index in [1.165, 1.54) is 4.90 Å². The largest absolute Gasteiger partial charge is 0.376 e. The minimum absolute atomic E-state index is 0.0372. The van der Waals surface area contributed by atoms with Crippen molar-refractivity contribution < 1.29 is 4.79 Å². The van der Waals surface area contributed by atoms with E-state index in [0.29, 0.717) is 10.7 Å². The molecule has 0 saturated carbocycles. The van der Waals surface area contributed by atoms with Crippen LogP contribution in [-0.4, -0.2) is 16.9 Å². The fourth-order valence-electron chi connectivity index (χ4n) is 1.63. The Balaban J connectivity index is 3.39. The van der Waals surface area contributed by atoms with Crippen molar-refractivity contribution >= 4 is 52.1 Å². The lowest BCUT2D eigenvalue weighted by Crippen LogP contribution is -2.42. The van der Waals surface area contributed by atoms with Crippen LogP contribution in [0.3, 0.4) is 0 Å². The van der Waals surface area contributed by atoms with Gasteiger partial charge in [-0.05, 0) is 35.8 Å². The van der Waals surface area contributed by atoms with Gasteiger partial charge in [0.2, 0.25) is 5.91 Å². The number of carbonyl (C=O) groups excluding carboxylic acids is 1. The number of hydrogen-bond donors (Lipinski definition) is 1. The van der Waals surface area contributed by atoms with E-state index < -0.39 is 0 Å². The zero-order valence-corrected chi connectivity index (χ0v) is 12.4. The van der Waals surface area contributed by atoms with Gasteiger partial charge in [0.15, 0.2) is 5.11 Å². The zero-order valence-electron chi connectivity index (χ0n) is 10.1. The van der Waals surface area contributed by atoms with E-state index in [9.17, 15) is 4.79 Å². The highest BCUT2D eigenvalue weighted by Crippen LogP contribution is 2.30. The van der Waals surface area contributed by atoms with Gasteiger partial charge in [-0.1, -0.05) is 31.5 Å². The first-order chi connectivity index (χ1) is 8.38. The summed E-state index contributed by atoms with van der Waals surface area (Å²) in [5.74, 6) is -0.355. The molecule has 0 radical (unpaired) electrons. The molecule has 0 atom stereocenters. The fourth-order valence-corrected chi connectivity index (χ4v) is 2.12. The van der Waals surface area contributed by atoms with Crippen molar-refractivity contribution in [2.24, 2.45) is 5.73 Å². The van der Waals surface area contributed by atoms with Gasteiger partial charge in [0.25, 0.3) is 0 Å². The second-order valence-electron chi connectivity index (χ2n) is 4.06. The highest BCUT2D eigenvalue weighted by Gasteiger charge is 2.21. The molecule has 1 amide bonds. The van der Waals surface area contributed by atoms with Gasteiger partial charge in [0.1, 0.15) is 5.88 Å². The van der Waals surface area contributed by atoms with Gasteiger partial charge >= 0.3 is 0 Å². The smallest absolute Gasteiger partial charge is 0.248 e. The maximum atomic E-state index is 11.8. The van der Waals surface area contributed by atoms with Gasteiger partial charge in [0.05, 0.1) is 5.69 Å². The summed E-state index contributed by atoms with van der Waals surface area (Å²) in [6, 6.07) is 5.29. The van der Waals surface area contributed by atoms with Crippen molar-refractivity contribution in [1.82, 2.24) is 0 Å². The molecule has 0 aliphatic heterocycles. The zero-order chi connectivity index (χ0) is 13.9. The second kappa shape index (κ2) is 6.36. The van der Waals surface area contributed by atoms with Gasteiger partial charge in [0, 0.05) is 5.02 Å². The molecule has 1 aromatic carbocycles. The van der Waals surface area contributed by atoms with E-state index in [4.69, 9.17) is 41.2 Å². The summed E-state index contributed by atoms with van der Waals surface area (Å²) < 4.78 is 0. The Morgan fingerprint density at radius 1 is 1.50 bits per heavy atom. The van der Waals surface area contributed by atoms with E-state index in [-0.39, 0.29) is 22.8 Å². The first kappa shape index (κ1) is 15.2. The Kier molecular flexibility index (Phi) is 5.38. The highest BCUT2D eigenvalue weighted by molar-refractivity contribution is 7.80. The van der Waals surface area contributed by atoms with Crippen LogP contribution in [0.5, 0.6) is 0 Å². The molecule has 0 spiro atoms. The van der Waals surface area contributed by atoms with Crippen molar-refractivity contribution in [3.05, 3.63) is 28.8 Å². The van der Waals surface area contributed by atoms with E-state index >= 15 is 0 Å². The Bertz CT molecular complexity index is 477. The molecule has 0 aromatic heterocycles. The van der Waals surface area contributed by atoms with Crippen LogP contribution in [0.15, 0.2) is 18.2 Å². The van der Waals surface area contributed by atoms with Crippen LogP contribution in [0.1, 0.15) is 25.3 Å². The molecule has 0 aliphatic carbocycles. The quantitative estimate of drug-likeness (QED) is 0.688. The van der Waals surface area contributed by atoms with Crippen molar-refractivity contribution in [2.75, 3.05) is 10.8 Å². The average molecular weight is 305 g/mol. The molecule has 6 heteroatoms. The summed E-state index contributed by atoms with van der Waals surface area (Å²) in [6.45, 7) is 4.02. The highest BCUT2D eigenvalue weighted by atomic mass is 35.5. The number of anilines is 1. The van der Waals surface area contributed by atoms with Gasteiger partial charge < -0.3 is 5.73 Å². The second-order valence-corrected chi connectivity index (χ2v) is 5.18. The molecule has 0 heterocycles. The summed E-state index contributed by atoms with van der Waals surface area (Å²) in [5, 5.41) is 0.475. The van der Waals surface area contributed by atoms with Crippen molar-refractivity contribution in [3.63, 3.8) is 0 Å². The fraction of sp³-hybridized carbons (Fsp3) is 0.333. The van der Waals surface area contributed by atoms with Crippen LogP contribution in [-0.2, 0) is 4.79 Å². The maximum absolute atomic E-state index is 11.8. The summed E-state index contributed by atoms with van der Waals surface area (Å²) >= 11 is 16.4. The lowest BCUT2D eigenvalue weighted by molar-refractivity contribution is -0.115. The number of thiocarbonyl (C=S) groups is 1. The number of hydrogen-bond acceptors (Lipinski definition) is 2. The predicted octanol–water partition coefficient (Wildman–Crippen LogP) is 3.28. The third-order valence-electron chi connectivity index (χ3n) is 2.44. The van der Waals surface area contributed by atoms with Crippen molar-refractivity contribution in [2.45, 2.75) is 19.8 Å². The molecule has 1 aromatic rings. The van der Waals surface area contributed by atoms with Crippen molar-refractivity contribution in [1.29, 1.82) is 0 Å². The minimum Gasteiger partial charge on any atom is -0.376 e. The molecular weight excluding hydrogens is 291 g/mol. The number of carbonyl (C=O) groups is 1. The Morgan fingerprint density at radius 2 is 2.11 bits per heavy atom. The minimum atomic E-state index is -0.367. The number of benzene rings is 1. The first-order valence-corrected chi connectivity index (χ1v) is 6.68. The average Bonchev–Trinajstić information content (AvgIpc) is 2.28. The van der Waals surface area contributed by atoms with E-state index in [0.717, 1.165) is 5.56 Å². The topological polar surface area (TPSA) is 46.3 Å². The SMILES string of the molecule is CC(C)c1ccc(Cl)cc1N(C(=O)CCl)C(N)=S. The first-order valence-electron chi connectivity index (χ1n) is 5.36. The van der Waals surface area contributed by atoms with Crippen molar-refractivity contribution in [3.8, 4) is 0 Å². The lowest BCUT2D eigenvalue weighted by atomic mass is 10.0. The van der Waals surface area contributed by atoms with Gasteiger partial charge in [-0.2, -0.15) is 0 Å². The van der Waals surface area contributed by atoms with E-state index in [1.807, 2.05) is 19.9 Å². The lowest BCUT2D eigenvalue weighted by Gasteiger charge is -2.24. The maximum Gasteiger partial charge on any atom is 0.248 e. The molecule has 98 valence electrons. The standard InChI is InChI=1S/C12H14Cl2N2OS/c1-7(2)9-4-3-8(14)5-10(9)16(12(15)18)11(17)6-13/h3-5,7H,6H2,1-2H3,(H2,15,18). The van der Waals surface area contributed by atoms with Crippen LogP contribution >= 0.6 is 35.4 Å². The monoisotopic (exact) mass is 304 g/mol. The van der Waals surface area contributed by atoms with Crippen LogP contribution in [0.4, 0.5) is 5.69 Å². The number of alkyl halides is 1. The predicted molar refractivity (Wildman–Crippen MR) is 80.5 cm³/mol. The number of amides is 1. The number of nitrogens with zero attached hydrogens (tertiary/aromatic N) is 1. The van der Waals surface area contributed by atoms with Gasteiger partial charge in [-0.15, -0.1) is 11.6 Å². The molecule has 18 heavy (non-hydrogen) atoms. The van der Waals surface area contributed by atoms with Crippen LogP contribution in [0.2, 0.25) is 5.02 Å². The summed E-state index contributed by atoms with van der Waals surface area (Å²) in [6.07, 6.45) is 0. The van der Waals surface area contributed by atoms with Crippen LogP contribution in [0.25, 0.3) is 0 Å². The summed E-state index contributed by atoms with van der Waals surface area (Å²) in [7, 11) is 0. The number of rotatable bonds is 3. The van der Waals surface area contributed by atoms with E-state index in [1.54, 1.807) is 12.1 Å². The molecule has 0 aliphatic rings. The third kappa shape index (κ3) is 3.34. The van der Waals surface area contributed by atoms with Crippen LogP contribution in [0, 0.1) is 0 Å². The molecule has 0 bridgehead atoms. The molecule has 1 rings (SSSR count). The molecule has 2 N–H and O–H groups in total.